The van der Waals surface area contributed by atoms with E-state index in [-0.39, 0.29) is 5.56 Å². The van der Waals surface area contributed by atoms with E-state index < -0.39 is 12.1 Å². The lowest BCUT2D eigenvalue weighted by atomic mass is 10.0. The summed E-state index contributed by atoms with van der Waals surface area (Å²) < 4.78 is 48.4. The Hall–Kier alpha value is -2.53. The maximum absolute atomic E-state index is 12.4. The fourth-order valence-corrected chi connectivity index (χ4v) is 2.83. The molecule has 0 bridgehead atoms. The van der Waals surface area contributed by atoms with Crippen LogP contribution < -0.4 is 4.74 Å². The predicted octanol–water partition coefficient (Wildman–Crippen LogP) is 3.75. The maximum Gasteiger partial charge on any atom is 0.573 e. The van der Waals surface area contributed by atoms with Crippen LogP contribution in [0.2, 0.25) is 0 Å². The number of alkyl halides is 3. The lowest BCUT2D eigenvalue weighted by Gasteiger charge is -2.21. The third-order valence-electron chi connectivity index (χ3n) is 4.02. The zero-order valence-corrected chi connectivity index (χ0v) is 13.3. The molecule has 1 aromatic heterocycles. The van der Waals surface area contributed by atoms with Gasteiger partial charge in [-0.2, -0.15) is 10.4 Å². The summed E-state index contributed by atoms with van der Waals surface area (Å²) in [5, 5.41) is 13.3. The van der Waals surface area contributed by atoms with Crippen LogP contribution in [0.3, 0.4) is 0 Å². The average molecular weight is 351 g/mol. The van der Waals surface area contributed by atoms with E-state index in [9.17, 15) is 13.2 Å². The molecule has 2 heterocycles. The van der Waals surface area contributed by atoms with Crippen molar-refractivity contribution in [2.75, 3.05) is 13.2 Å². The third kappa shape index (κ3) is 4.73. The Balaban J connectivity index is 1.81. The van der Waals surface area contributed by atoms with Gasteiger partial charge in [-0.1, -0.05) is 0 Å². The monoisotopic (exact) mass is 351 g/mol. The topological polar surface area (TPSA) is 60.1 Å². The highest BCUT2D eigenvalue weighted by Crippen LogP contribution is 2.30. The molecule has 1 saturated heterocycles. The van der Waals surface area contributed by atoms with Crippen LogP contribution in [0, 0.1) is 17.2 Å². The zero-order valence-electron chi connectivity index (χ0n) is 13.3. The number of nitriles is 1. The molecular weight excluding hydrogens is 335 g/mol. The van der Waals surface area contributed by atoms with Gasteiger partial charge in [0, 0.05) is 31.5 Å². The first-order valence-corrected chi connectivity index (χ1v) is 7.84. The quantitative estimate of drug-likeness (QED) is 0.842. The van der Waals surface area contributed by atoms with E-state index in [1.807, 2.05) is 6.07 Å². The molecule has 2 aromatic rings. The van der Waals surface area contributed by atoms with Gasteiger partial charge in [-0.25, -0.2) is 0 Å². The van der Waals surface area contributed by atoms with Gasteiger partial charge in [0.15, 0.2) is 0 Å². The normalized spacial score (nSPS) is 15.8. The van der Waals surface area contributed by atoms with Crippen LogP contribution in [0.25, 0.3) is 11.1 Å². The molecule has 0 radical (unpaired) electrons. The number of hydrogen-bond donors (Lipinski definition) is 0. The molecule has 1 fully saturated rings. The van der Waals surface area contributed by atoms with Gasteiger partial charge < -0.3 is 9.47 Å². The van der Waals surface area contributed by atoms with Crippen LogP contribution >= 0.6 is 0 Å². The Morgan fingerprint density at radius 1 is 1.24 bits per heavy atom. The minimum atomic E-state index is -4.81. The van der Waals surface area contributed by atoms with Crippen molar-refractivity contribution in [3.05, 3.63) is 36.2 Å². The molecule has 25 heavy (non-hydrogen) atoms. The fraction of sp³-hybridized carbons (Fsp3) is 0.412. The molecule has 0 spiro atoms. The van der Waals surface area contributed by atoms with Crippen molar-refractivity contribution in [2.24, 2.45) is 5.92 Å². The van der Waals surface area contributed by atoms with Gasteiger partial charge in [0.05, 0.1) is 17.8 Å². The Kier molecular flexibility index (Phi) is 4.95. The molecule has 0 aliphatic carbocycles. The Morgan fingerprint density at radius 2 is 2.00 bits per heavy atom. The van der Waals surface area contributed by atoms with Gasteiger partial charge in [0.2, 0.25) is 0 Å². The average Bonchev–Trinajstić information content (AvgIpc) is 3.02. The standard InChI is InChI=1S/C17H16F3N3O2/c18-17(19,20)25-16-6-13(8-21)5-14(7-16)15-9-22-23(11-15)10-12-1-3-24-4-2-12/h5-7,9,11-12H,1-4,10H2. The summed E-state index contributed by atoms with van der Waals surface area (Å²) in [6.07, 6.45) is 0.459. The summed E-state index contributed by atoms with van der Waals surface area (Å²) in [6, 6.07) is 5.67. The molecule has 1 aliphatic rings. The highest BCUT2D eigenvalue weighted by Gasteiger charge is 2.31. The van der Waals surface area contributed by atoms with Gasteiger partial charge >= 0.3 is 6.36 Å². The molecule has 1 aliphatic heterocycles. The van der Waals surface area contributed by atoms with E-state index in [4.69, 9.17) is 10.00 Å². The molecule has 3 rings (SSSR count). The van der Waals surface area contributed by atoms with Crippen molar-refractivity contribution in [1.82, 2.24) is 9.78 Å². The minimum absolute atomic E-state index is 0.0916. The van der Waals surface area contributed by atoms with Crippen LogP contribution in [-0.4, -0.2) is 29.4 Å². The lowest BCUT2D eigenvalue weighted by Crippen LogP contribution is -2.20. The second-order valence-electron chi connectivity index (χ2n) is 5.91. The van der Waals surface area contributed by atoms with Crippen molar-refractivity contribution in [2.45, 2.75) is 25.7 Å². The van der Waals surface area contributed by atoms with Gasteiger partial charge in [0.25, 0.3) is 0 Å². The van der Waals surface area contributed by atoms with Crippen molar-refractivity contribution in [1.29, 1.82) is 5.26 Å². The molecular formula is C17H16F3N3O2. The highest BCUT2D eigenvalue weighted by atomic mass is 19.4. The van der Waals surface area contributed by atoms with Crippen molar-refractivity contribution < 1.29 is 22.6 Å². The number of ether oxygens (including phenoxy) is 2. The summed E-state index contributed by atoms with van der Waals surface area (Å²) >= 11 is 0. The van der Waals surface area contributed by atoms with Crippen LogP contribution in [0.4, 0.5) is 13.2 Å². The van der Waals surface area contributed by atoms with Crippen LogP contribution in [-0.2, 0) is 11.3 Å². The van der Waals surface area contributed by atoms with E-state index in [1.54, 1.807) is 17.1 Å². The number of aromatic nitrogens is 2. The van der Waals surface area contributed by atoms with Crippen molar-refractivity contribution in [3.63, 3.8) is 0 Å². The van der Waals surface area contributed by atoms with Gasteiger partial charge in [-0.3, -0.25) is 4.68 Å². The molecule has 132 valence electrons. The van der Waals surface area contributed by atoms with E-state index in [1.165, 1.54) is 12.1 Å². The van der Waals surface area contributed by atoms with Gasteiger partial charge in [-0.15, -0.1) is 13.2 Å². The van der Waals surface area contributed by atoms with Crippen LogP contribution in [0.15, 0.2) is 30.6 Å². The largest absolute Gasteiger partial charge is 0.573 e. The molecule has 0 N–H and O–H groups in total. The number of hydrogen-bond acceptors (Lipinski definition) is 4. The van der Waals surface area contributed by atoms with Crippen molar-refractivity contribution >= 4 is 0 Å². The zero-order chi connectivity index (χ0) is 17.9. The smallest absolute Gasteiger partial charge is 0.406 e. The summed E-state index contributed by atoms with van der Waals surface area (Å²) in [5.74, 6) is 0.0507. The first kappa shape index (κ1) is 17.3. The predicted molar refractivity (Wildman–Crippen MR) is 82.6 cm³/mol. The van der Waals surface area contributed by atoms with Gasteiger partial charge in [0.1, 0.15) is 5.75 Å². The minimum Gasteiger partial charge on any atom is -0.406 e. The molecule has 8 heteroatoms. The summed E-state index contributed by atoms with van der Waals surface area (Å²) in [4.78, 5) is 0. The van der Waals surface area contributed by atoms with E-state index >= 15 is 0 Å². The summed E-state index contributed by atoms with van der Waals surface area (Å²) in [5.41, 5.74) is 1.18. The SMILES string of the molecule is N#Cc1cc(OC(F)(F)F)cc(-c2cnn(CC3CCOCC3)c2)c1. The molecule has 0 unspecified atom stereocenters. The second-order valence-corrected chi connectivity index (χ2v) is 5.91. The number of benzene rings is 1. The first-order chi connectivity index (χ1) is 11.9. The third-order valence-corrected chi connectivity index (χ3v) is 4.02. The molecule has 0 saturated carbocycles. The Morgan fingerprint density at radius 3 is 2.68 bits per heavy atom. The molecule has 1 aromatic carbocycles. The van der Waals surface area contributed by atoms with E-state index in [0.29, 0.717) is 17.0 Å². The number of halogens is 3. The number of nitrogens with zero attached hydrogens (tertiary/aromatic N) is 3. The molecule has 5 nitrogen and oxygen atoms in total. The highest BCUT2D eigenvalue weighted by molar-refractivity contribution is 5.66. The van der Waals surface area contributed by atoms with E-state index in [2.05, 4.69) is 9.84 Å². The van der Waals surface area contributed by atoms with Gasteiger partial charge in [-0.05, 0) is 42.5 Å². The first-order valence-electron chi connectivity index (χ1n) is 7.84. The molecule has 0 amide bonds. The maximum atomic E-state index is 12.4. The molecule has 0 atom stereocenters. The lowest BCUT2D eigenvalue weighted by molar-refractivity contribution is -0.274. The van der Waals surface area contributed by atoms with E-state index in [0.717, 1.165) is 38.7 Å². The van der Waals surface area contributed by atoms with Crippen LogP contribution in [0.5, 0.6) is 5.75 Å². The Bertz CT molecular complexity index is 774. The Labute approximate surface area is 142 Å². The summed E-state index contributed by atoms with van der Waals surface area (Å²) in [7, 11) is 0. The fourth-order valence-electron chi connectivity index (χ4n) is 2.83. The van der Waals surface area contributed by atoms with Crippen molar-refractivity contribution in [3.8, 4) is 22.9 Å². The summed E-state index contributed by atoms with van der Waals surface area (Å²) in [6.45, 7) is 2.20. The second kappa shape index (κ2) is 7.15. The number of rotatable bonds is 4. The van der Waals surface area contributed by atoms with Crippen LogP contribution in [0.1, 0.15) is 18.4 Å².